The summed E-state index contributed by atoms with van der Waals surface area (Å²) in [6, 6.07) is 0. The molecular weight excluding hydrogens is 616 g/mol. The van der Waals surface area contributed by atoms with Gasteiger partial charge in [0.25, 0.3) is 0 Å². The van der Waals surface area contributed by atoms with Crippen LogP contribution in [0, 0.1) is 0 Å². The van der Waals surface area contributed by atoms with Gasteiger partial charge in [0.2, 0.25) is 0 Å². The molecule has 41 heavy (non-hydrogen) atoms. The van der Waals surface area contributed by atoms with Crippen molar-refractivity contribution >= 4 is 20.8 Å². The number of rotatable bonds is 10. The summed E-state index contributed by atoms with van der Waals surface area (Å²) in [6.45, 7) is -0.973. The van der Waals surface area contributed by atoms with E-state index in [0.29, 0.717) is 0 Å². The monoisotopic (exact) mass is 648 g/mol. The zero-order valence-corrected chi connectivity index (χ0v) is 22.5. The highest BCUT2D eigenvalue weighted by molar-refractivity contribution is 7.81. The zero-order valence-electron chi connectivity index (χ0n) is 20.9. The van der Waals surface area contributed by atoms with Gasteiger partial charge in [-0.05, 0) is 6.92 Å². The second kappa shape index (κ2) is 13.5. The molecule has 23 heteroatoms. The van der Waals surface area contributed by atoms with Crippen molar-refractivity contribution in [2.24, 2.45) is 0 Å². The Balaban J connectivity index is 1.91. The lowest BCUT2D eigenvalue weighted by atomic mass is 9.96. The third-order valence-corrected chi connectivity index (χ3v) is 7.32. The minimum Gasteiger partial charge on any atom is -0.388 e. The van der Waals surface area contributed by atoms with Crippen molar-refractivity contribution in [2.45, 2.75) is 99.0 Å². The summed E-state index contributed by atoms with van der Waals surface area (Å²) in [4.78, 5) is 0. The molecule has 0 aromatic heterocycles. The van der Waals surface area contributed by atoms with E-state index in [2.05, 4.69) is 8.37 Å². The fourth-order valence-corrected chi connectivity index (χ4v) is 4.88. The van der Waals surface area contributed by atoms with E-state index in [1.807, 2.05) is 0 Å². The molecule has 3 aliphatic heterocycles. The van der Waals surface area contributed by atoms with Crippen LogP contribution in [0.3, 0.4) is 0 Å². The van der Waals surface area contributed by atoms with Crippen molar-refractivity contribution in [1.82, 2.24) is 0 Å². The third kappa shape index (κ3) is 8.66. The van der Waals surface area contributed by atoms with Crippen LogP contribution in [0.15, 0.2) is 0 Å². The molecule has 0 spiro atoms. The second-order valence-electron chi connectivity index (χ2n) is 9.38. The first kappa shape index (κ1) is 34.7. The van der Waals surface area contributed by atoms with E-state index >= 15 is 0 Å². The molecule has 0 unspecified atom stereocenters. The summed E-state index contributed by atoms with van der Waals surface area (Å²) in [7, 11) is -10.2. The SMILES string of the molecule is C[C@@H]1O[C@@H](O[C@@H]2[C@@H](O)[C@H](O)O[C@H](COS(=O)(=O)O)[C@H]2O[C@@H]2O[C@H](COS(=O)(=O)O)[C@H](O)[C@H](O)[C@H]2O)[C@@H](O)[C@H](O)[C@@H]1O. The van der Waals surface area contributed by atoms with E-state index in [1.165, 1.54) is 6.92 Å². The van der Waals surface area contributed by atoms with Crippen molar-refractivity contribution in [3.63, 3.8) is 0 Å². The molecule has 0 bridgehead atoms. The van der Waals surface area contributed by atoms with Crippen molar-refractivity contribution in [3.05, 3.63) is 0 Å². The highest BCUT2D eigenvalue weighted by Gasteiger charge is 2.54. The average Bonchev–Trinajstić information content (AvgIpc) is 2.87. The lowest BCUT2D eigenvalue weighted by Gasteiger charge is -2.48. The van der Waals surface area contributed by atoms with Gasteiger partial charge in [-0.15, -0.1) is 0 Å². The topological polar surface area (TPSA) is 335 Å². The molecule has 3 saturated heterocycles. The van der Waals surface area contributed by atoms with Gasteiger partial charge in [-0.25, -0.2) is 8.37 Å². The molecule has 3 heterocycles. The van der Waals surface area contributed by atoms with Crippen molar-refractivity contribution in [3.8, 4) is 0 Å². The van der Waals surface area contributed by atoms with Crippen LogP contribution in [0.5, 0.6) is 0 Å². The molecule has 0 aromatic carbocycles. The van der Waals surface area contributed by atoms with Crippen LogP contribution in [0.4, 0.5) is 0 Å². The highest BCUT2D eigenvalue weighted by Crippen LogP contribution is 2.33. The van der Waals surface area contributed by atoms with Crippen molar-refractivity contribution in [1.29, 1.82) is 0 Å². The van der Waals surface area contributed by atoms with Gasteiger partial charge in [-0.1, -0.05) is 0 Å². The highest BCUT2D eigenvalue weighted by atomic mass is 32.3. The lowest BCUT2D eigenvalue weighted by Crippen LogP contribution is -2.66. The van der Waals surface area contributed by atoms with Crippen LogP contribution in [-0.2, 0) is 52.8 Å². The lowest BCUT2D eigenvalue weighted by molar-refractivity contribution is -0.381. The maximum Gasteiger partial charge on any atom is 0.397 e. The standard InChI is InChI=1S/C18H32O21S2/c1-4-7(19)9(21)11(23)17(35-4)39-15-13(25)16(26)36-6(3-34-41(30,31)32)14(15)38-18-12(24)10(22)8(20)5(37-18)2-33-40(27,28)29/h4-26H,2-3H2,1H3,(H,27,28,29)(H,30,31,32)/t4-,5+,6+,7+,8-,9+,10-,11-,12+,13+,14+,15+,16+,17-,18-/m0/s1. The Bertz CT molecular complexity index is 1070. The summed E-state index contributed by atoms with van der Waals surface area (Å²) in [5.41, 5.74) is 0. The molecule has 0 saturated carbocycles. The maximum absolute atomic E-state index is 11.2. The van der Waals surface area contributed by atoms with E-state index < -0.39 is 126 Å². The molecule has 10 N–H and O–H groups in total. The number of hydrogen-bond acceptors (Lipinski definition) is 19. The normalized spacial score (nSPS) is 46.4. The van der Waals surface area contributed by atoms with Crippen LogP contribution < -0.4 is 0 Å². The summed E-state index contributed by atoms with van der Waals surface area (Å²) in [6.07, 6.45) is -28.5. The zero-order chi connectivity index (χ0) is 31.0. The molecule has 0 amide bonds. The number of ether oxygens (including phenoxy) is 5. The Labute approximate surface area is 232 Å². The minimum atomic E-state index is -5.14. The van der Waals surface area contributed by atoms with Crippen LogP contribution in [0.1, 0.15) is 6.92 Å². The molecule has 0 aromatic rings. The molecule has 15 atom stereocenters. The van der Waals surface area contributed by atoms with E-state index in [4.69, 9.17) is 32.8 Å². The third-order valence-electron chi connectivity index (χ3n) is 6.46. The first-order valence-corrected chi connectivity index (χ1v) is 14.5. The fraction of sp³-hybridized carbons (Fsp3) is 1.00. The van der Waals surface area contributed by atoms with E-state index in [9.17, 15) is 57.7 Å². The smallest absolute Gasteiger partial charge is 0.388 e. The first-order chi connectivity index (χ1) is 18.8. The van der Waals surface area contributed by atoms with Gasteiger partial charge >= 0.3 is 20.8 Å². The van der Waals surface area contributed by atoms with Crippen molar-refractivity contribution < 1.29 is 98.8 Å². The van der Waals surface area contributed by atoms with Gasteiger partial charge < -0.3 is 64.5 Å². The average molecular weight is 649 g/mol. The van der Waals surface area contributed by atoms with E-state index in [0.717, 1.165) is 0 Å². The van der Waals surface area contributed by atoms with Gasteiger partial charge in [-0.2, -0.15) is 16.8 Å². The Morgan fingerprint density at radius 2 is 1.02 bits per heavy atom. The molecular formula is C18H32O21S2. The number of aliphatic hydroxyl groups excluding tert-OH is 8. The summed E-state index contributed by atoms with van der Waals surface area (Å²) in [5.74, 6) is 0. The predicted molar refractivity (Wildman–Crippen MR) is 121 cm³/mol. The van der Waals surface area contributed by atoms with E-state index in [-0.39, 0.29) is 0 Å². The Morgan fingerprint density at radius 1 is 0.561 bits per heavy atom. The van der Waals surface area contributed by atoms with Crippen LogP contribution in [0.25, 0.3) is 0 Å². The van der Waals surface area contributed by atoms with Crippen LogP contribution >= 0.6 is 0 Å². The molecule has 3 rings (SSSR count). The predicted octanol–water partition coefficient (Wildman–Crippen LogP) is -6.89. The summed E-state index contributed by atoms with van der Waals surface area (Å²) in [5, 5.41) is 82.0. The Hall–Kier alpha value is -0.780. The Morgan fingerprint density at radius 3 is 1.56 bits per heavy atom. The maximum atomic E-state index is 11.2. The van der Waals surface area contributed by atoms with Crippen molar-refractivity contribution in [2.75, 3.05) is 13.2 Å². The van der Waals surface area contributed by atoms with Gasteiger partial charge in [0.15, 0.2) is 18.9 Å². The van der Waals surface area contributed by atoms with Crippen LogP contribution in [-0.4, -0.2) is 172 Å². The molecule has 242 valence electrons. The summed E-state index contributed by atoms with van der Waals surface area (Å²) >= 11 is 0. The molecule has 21 nitrogen and oxygen atoms in total. The molecule has 0 aliphatic carbocycles. The van der Waals surface area contributed by atoms with E-state index in [1.54, 1.807) is 0 Å². The van der Waals surface area contributed by atoms with Gasteiger partial charge in [0, 0.05) is 0 Å². The Kier molecular flexibility index (Phi) is 11.4. The number of hydrogen-bond donors (Lipinski definition) is 10. The summed E-state index contributed by atoms with van der Waals surface area (Å²) < 4.78 is 97.0. The van der Waals surface area contributed by atoms with Crippen LogP contribution in [0.2, 0.25) is 0 Å². The quantitative estimate of drug-likeness (QED) is 0.0983. The van der Waals surface area contributed by atoms with Gasteiger partial charge in [0.05, 0.1) is 19.3 Å². The van der Waals surface area contributed by atoms with Gasteiger partial charge in [0.1, 0.15) is 67.1 Å². The molecule has 3 aliphatic rings. The van der Waals surface area contributed by atoms with Gasteiger partial charge in [-0.3, -0.25) is 9.11 Å². The minimum absolute atomic E-state index is 1.11. The largest absolute Gasteiger partial charge is 0.397 e. The molecule has 0 radical (unpaired) electrons. The number of aliphatic hydroxyl groups is 8. The first-order valence-electron chi connectivity index (χ1n) is 11.8. The molecule has 3 fully saturated rings. The second-order valence-corrected chi connectivity index (χ2v) is 11.6. The fourth-order valence-electron chi connectivity index (χ4n) is 4.27.